The Morgan fingerprint density at radius 1 is 1.27 bits per heavy atom. The molecule has 0 rings (SSSR count). The highest BCUT2D eigenvalue weighted by Gasteiger charge is 2.16. The zero-order chi connectivity index (χ0) is 17.1. The van der Waals surface area contributed by atoms with Crippen molar-refractivity contribution in [3.05, 3.63) is 23.0 Å². The lowest BCUT2D eigenvalue weighted by molar-refractivity contribution is -0.146. The second-order valence-electron chi connectivity index (χ2n) is 4.97. The number of hydrogen-bond donors (Lipinski definition) is 1. The summed E-state index contributed by atoms with van der Waals surface area (Å²) >= 11 is 0. The highest BCUT2D eigenvalue weighted by atomic mass is 16.6. The van der Waals surface area contributed by atoms with Crippen LogP contribution in [0, 0.1) is 0 Å². The van der Waals surface area contributed by atoms with E-state index in [0.717, 1.165) is 12.0 Å². The van der Waals surface area contributed by atoms with Crippen LogP contribution >= 0.6 is 0 Å². The lowest BCUT2D eigenvalue weighted by atomic mass is 10.0. The number of allylic oxidation sites excluding steroid dienone is 2. The van der Waals surface area contributed by atoms with Gasteiger partial charge >= 0.3 is 5.97 Å². The van der Waals surface area contributed by atoms with Gasteiger partial charge in [0.1, 0.15) is 6.29 Å². The first-order valence-corrected chi connectivity index (χ1v) is 7.21. The van der Waals surface area contributed by atoms with Crippen LogP contribution < -0.4 is 5.32 Å². The maximum atomic E-state index is 11.9. The zero-order valence-electron chi connectivity index (χ0n) is 13.9. The second kappa shape index (κ2) is 10.6. The van der Waals surface area contributed by atoms with Crippen LogP contribution in [0.25, 0.3) is 0 Å². The van der Waals surface area contributed by atoms with Crippen LogP contribution in [0.2, 0.25) is 0 Å². The Morgan fingerprint density at radius 3 is 2.36 bits per heavy atom. The van der Waals surface area contributed by atoms with Crippen LogP contribution in [0.5, 0.6) is 0 Å². The van der Waals surface area contributed by atoms with Crippen LogP contribution in [-0.4, -0.2) is 37.9 Å². The minimum atomic E-state index is -0.577. The molecule has 0 aromatic carbocycles. The molecule has 1 amide bonds. The van der Waals surface area contributed by atoms with Crippen molar-refractivity contribution in [2.45, 2.75) is 46.6 Å². The van der Waals surface area contributed by atoms with Gasteiger partial charge in [-0.25, -0.2) is 4.79 Å². The van der Waals surface area contributed by atoms with Crippen LogP contribution in [0.1, 0.15) is 40.5 Å². The maximum absolute atomic E-state index is 11.9. The van der Waals surface area contributed by atoms with Gasteiger partial charge in [-0.1, -0.05) is 12.5 Å². The summed E-state index contributed by atoms with van der Waals surface area (Å²) < 4.78 is 10.2. The third-order valence-corrected chi connectivity index (χ3v) is 2.88. The third kappa shape index (κ3) is 7.61. The highest BCUT2D eigenvalue weighted by Crippen LogP contribution is 2.17. The highest BCUT2D eigenvalue weighted by molar-refractivity contribution is 5.88. The molecule has 1 N–H and O–H groups in total. The molecule has 0 atom stereocenters. The van der Waals surface area contributed by atoms with Gasteiger partial charge in [-0.05, 0) is 38.8 Å². The number of methoxy groups -OCH3 is 1. The minimum absolute atomic E-state index is 0.0342. The lowest BCUT2D eigenvalue weighted by Gasteiger charge is -2.12. The predicted octanol–water partition coefficient (Wildman–Crippen LogP) is 1.90. The second-order valence-corrected chi connectivity index (χ2v) is 4.97. The summed E-state index contributed by atoms with van der Waals surface area (Å²) in [5.74, 6) is -0.828. The molecule has 0 aromatic heterocycles. The Morgan fingerprint density at radius 2 is 1.91 bits per heavy atom. The zero-order valence-corrected chi connectivity index (χ0v) is 13.9. The molecule has 0 aliphatic carbocycles. The average molecular weight is 311 g/mol. The summed E-state index contributed by atoms with van der Waals surface area (Å²) in [6.07, 6.45) is 2.66. The molecule has 0 spiro atoms. The Balaban J connectivity index is 5.26. The summed E-state index contributed by atoms with van der Waals surface area (Å²) in [6.45, 7) is 7.27. The van der Waals surface area contributed by atoms with Crippen molar-refractivity contribution in [3.63, 3.8) is 0 Å². The van der Waals surface area contributed by atoms with Crippen molar-refractivity contribution in [3.8, 4) is 0 Å². The van der Waals surface area contributed by atoms with Crippen molar-refractivity contribution in [1.29, 1.82) is 0 Å². The molecule has 0 saturated carbocycles. The first-order valence-electron chi connectivity index (χ1n) is 7.21. The normalized spacial score (nSPS) is 12.5. The molecule has 0 bridgehead atoms. The largest absolute Gasteiger partial charge is 0.490 e. The van der Waals surface area contributed by atoms with E-state index in [1.165, 1.54) is 13.2 Å². The maximum Gasteiger partial charge on any atom is 0.373 e. The third-order valence-electron chi connectivity index (χ3n) is 2.88. The molecule has 22 heavy (non-hydrogen) atoms. The van der Waals surface area contributed by atoms with Crippen LogP contribution in [0.4, 0.5) is 0 Å². The molecule has 0 fully saturated rings. The Hall–Kier alpha value is -2.11. The van der Waals surface area contributed by atoms with Gasteiger partial charge in [-0.3, -0.25) is 4.79 Å². The Labute approximate surface area is 131 Å². The molecule has 0 saturated heterocycles. The van der Waals surface area contributed by atoms with E-state index in [4.69, 9.17) is 9.47 Å². The van der Waals surface area contributed by atoms with E-state index in [2.05, 4.69) is 5.32 Å². The van der Waals surface area contributed by atoms with E-state index in [-0.39, 0.29) is 30.7 Å². The van der Waals surface area contributed by atoms with E-state index in [9.17, 15) is 14.4 Å². The van der Waals surface area contributed by atoms with Crippen LogP contribution in [0.15, 0.2) is 23.0 Å². The number of carbonyl (C=O) groups is 3. The number of hydrogen-bond acceptors (Lipinski definition) is 5. The van der Waals surface area contributed by atoms with E-state index >= 15 is 0 Å². The monoisotopic (exact) mass is 311 g/mol. The first kappa shape index (κ1) is 19.9. The average Bonchev–Trinajstić information content (AvgIpc) is 2.47. The van der Waals surface area contributed by atoms with E-state index in [1.807, 2.05) is 13.8 Å². The topological polar surface area (TPSA) is 81.7 Å². The van der Waals surface area contributed by atoms with Crippen molar-refractivity contribution >= 4 is 18.2 Å². The van der Waals surface area contributed by atoms with E-state index < -0.39 is 5.97 Å². The summed E-state index contributed by atoms with van der Waals surface area (Å²) in [4.78, 5) is 33.9. The fourth-order valence-electron chi connectivity index (χ4n) is 1.57. The van der Waals surface area contributed by atoms with Gasteiger partial charge in [0.05, 0.1) is 26.2 Å². The molecule has 0 heterocycles. The van der Waals surface area contributed by atoms with Gasteiger partial charge in [0.15, 0.2) is 0 Å². The number of carbonyl (C=O) groups excluding carboxylic acids is 3. The number of aldehydes is 1. The van der Waals surface area contributed by atoms with E-state index in [0.29, 0.717) is 11.9 Å². The number of esters is 1. The summed E-state index contributed by atoms with van der Waals surface area (Å²) in [5.41, 5.74) is 1.62. The molecule has 0 aromatic rings. The van der Waals surface area contributed by atoms with Gasteiger partial charge in [0, 0.05) is 0 Å². The molecule has 124 valence electrons. The molecular weight excluding hydrogens is 286 g/mol. The van der Waals surface area contributed by atoms with Gasteiger partial charge in [0.25, 0.3) is 0 Å². The molecule has 0 unspecified atom stereocenters. The van der Waals surface area contributed by atoms with Crippen LogP contribution in [0.3, 0.4) is 0 Å². The quantitative estimate of drug-likeness (QED) is 0.231. The van der Waals surface area contributed by atoms with Crippen molar-refractivity contribution in [1.82, 2.24) is 5.32 Å². The molecule has 0 radical (unpaired) electrons. The smallest absolute Gasteiger partial charge is 0.373 e. The number of rotatable bonds is 9. The van der Waals surface area contributed by atoms with E-state index in [1.54, 1.807) is 13.8 Å². The molecular formula is C16H25NO5. The van der Waals surface area contributed by atoms with Crippen molar-refractivity contribution < 1.29 is 23.9 Å². The fraction of sp³-hybridized carbons (Fsp3) is 0.562. The SMILES string of the molecule is CCC(C)=C(C=C(OC)C(=O)OC(C)C)CC(=O)NCC=O. The summed E-state index contributed by atoms with van der Waals surface area (Å²) in [6, 6.07) is 0. The standard InChI is InChI=1S/C16H25NO5/c1-6-12(4)13(10-15(19)17-7-8-18)9-14(21-5)16(20)22-11(2)3/h8-9,11H,6-7,10H2,1-5H3,(H,17,19). The van der Waals surface area contributed by atoms with Crippen molar-refractivity contribution in [2.75, 3.05) is 13.7 Å². The molecule has 6 heteroatoms. The Bertz CT molecular complexity index is 463. The summed E-state index contributed by atoms with van der Waals surface area (Å²) in [7, 11) is 1.37. The van der Waals surface area contributed by atoms with Crippen molar-refractivity contribution in [2.24, 2.45) is 0 Å². The van der Waals surface area contributed by atoms with Gasteiger partial charge in [0.2, 0.25) is 11.7 Å². The molecule has 0 aliphatic heterocycles. The summed E-state index contributed by atoms with van der Waals surface area (Å²) in [5, 5.41) is 2.47. The lowest BCUT2D eigenvalue weighted by Crippen LogP contribution is -2.25. The number of nitrogens with one attached hydrogen (secondary N) is 1. The molecule has 0 aliphatic rings. The fourth-order valence-corrected chi connectivity index (χ4v) is 1.57. The predicted molar refractivity (Wildman–Crippen MR) is 83.0 cm³/mol. The number of amides is 1. The van der Waals surface area contributed by atoms with Crippen LogP contribution in [-0.2, 0) is 23.9 Å². The van der Waals surface area contributed by atoms with Gasteiger partial charge in [-0.2, -0.15) is 0 Å². The number of ether oxygens (including phenoxy) is 2. The minimum Gasteiger partial charge on any atom is -0.490 e. The Kier molecular flexibility index (Phi) is 9.58. The first-order chi connectivity index (χ1) is 10.3. The van der Waals surface area contributed by atoms with Gasteiger partial charge in [-0.15, -0.1) is 0 Å². The van der Waals surface area contributed by atoms with Gasteiger partial charge < -0.3 is 19.6 Å². The molecule has 6 nitrogen and oxygen atoms in total.